The number of carbonyl (C=O) groups is 2. The number of carbonyl (C=O) groups excluding carboxylic acids is 2. The zero-order valence-corrected chi connectivity index (χ0v) is 18.6. The summed E-state index contributed by atoms with van der Waals surface area (Å²) in [7, 11) is 1.59. The number of fused-ring (bicyclic) bond motifs is 1. The van der Waals surface area contributed by atoms with Gasteiger partial charge in [-0.1, -0.05) is 12.1 Å². The van der Waals surface area contributed by atoms with Crippen LogP contribution in [0.25, 0.3) is 0 Å². The molecular formula is C24H29FN4O3. The van der Waals surface area contributed by atoms with Crippen LogP contribution >= 0.6 is 0 Å². The molecule has 7 nitrogen and oxygen atoms in total. The number of methoxy groups -OCH3 is 1. The van der Waals surface area contributed by atoms with Crippen molar-refractivity contribution in [1.82, 2.24) is 14.9 Å². The first-order chi connectivity index (χ1) is 15.5. The van der Waals surface area contributed by atoms with Crippen molar-refractivity contribution in [1.29, 1.82) is 0 Å². The van der Waals surface area contributed by atoms with E-state index in [0.717, 1.165) is 35.5 Å². The van der Waals surface area contributed by atoms with E-state index >= 15 is 0 Å². The molecule has 170 valence electrons. The maximum Gasteiger partial charge on any atom is 0.228 e. The van der Waals surface area contributed by atoms with Crippen LogP contribution in [0, 0.1) is 12.7 Å². The normalized spacial score (nSPS) is 16.9. The van der Waals surface area contributed by atoms with Gasteiger partial charge in [0, 0.05) is 43.8 Å². The van der Waals surface area contributed by atoms with Gasteiger partial charge in [0.1, 0.15) is 17.5 Å². The second-order valence-corrected chi connectivity index (χ2v) is 8.48. The SMILES string of the molecule is COCCC(=O)N1CCC(c2nc(C)c3c(n2)N(Cc2cccc(F)c2)C(=O)CC3)CC1. The van der Waals surface area contributed by atoms with E-state index in [1.165, 1.54) is 12.1 Å². The molecule has 2 aromatic rings. The lowest BCUT2D eigenvalue weighted by molar-refractivity contribution is -0.133. The molecule has 2 aliphatic rings. The van der Waals surface area contributed by atoms with Crippen molar-refractivity contribution in [2.24, 2.45) is 0 Å². The predicted octanol–water partition coefficient (Wildman–Crippen LogP) is 3.15. The van der Waals surface area contributed by atoms with Crippen LogP contribution in [0.5, 0.6) is 0 Å². The Bertz CT molecular complexity index is 1000. The molecule has 0 N–H and O–H groups in total. The number of aromatic nitrogens is 2. The van der Waals surface area contributed by atoms with E-state index < -0.39 is 0 Å². The number of rotatable bonds is 6. The number of likely N-dealkylation sites (tertiary alicyclic amines) is 1. The lowest BCUT2D eigenvalue weighted by Gasteiger charge is -2.33. The van der Waals surface area contributed by atoms with Crippen LogP contribution < -0.4 is 4.90 Å². The van der Waals surface area contributed by atoms with Gasteiger partial charge in [-0.15, -0.1) is 0 Å². The number of hydrogen-bond donors (Lipinski definition) is 0. The lowest BCUT2D eigenvalue weighted by Crippen LogP contribution is -2.39. The van der Waals surface area contributed by atoms with E-state index in [1.54, 1.807) is 18.1 Å². The highest BCUT2D eigenvalue weighted by molar-refractivity contribution is 5.95. The number of halogens is 1. The summed E-state index contributed by atoms with van der Waals surface area (Å²) in [6.45, 7) is 4.01. The van der Waals surface area contributed by atoms with Crippen LogP contribution in [0.2, 0.25) is 0 Å². The highest BCUT2D eigenvalue weighted by atomic mass is 19.1. The second kappa shape index (κ2) is 9.73. The average molecular weight is 441 g/mol. The van der Waals surface area contributed by atoms with E-state index in [1.807, 2.05) is 17.9 Å². The van der Waals surface area contributed by atoms with Gasteiger partial charge in [0.25, 0.3) is 0 Å². The Kier molecular flexibility index (Phi) is 6.79. The van der Waals surface area contributed by atoms with Crippen molar-refractivity contribution in [3.8, 4) is 0 Å². The highest BCUT2D eigenvalue weighted by Crippen LogP contribution is 2.33. The summed E-state index contributed by atoms with van der Waals surface area (Å²) in [6, 6.07) is 6.31. The van der Waals surface area contributed by atoms with Crippen molar-refractivity contribution in [3.63, 3.8) is 0 Å². The molecule has 0 atom stereocenters. The molecule has 4 rings (SSSR count). The maximum absolute atomic E-state index is 13.7. The molecule has 8 heteroatoms. The summed E-state index contributed by atoms with van der Waals surface area (Å²) < 4.78 is 18.7. The Labute approximate surface area is 187 Å². The Morgan fingerprint density at radius 2 is 2.00 bits per heavy atom. The molecule has 2 amide bonds. The summed E-state index contributed by atoms with van der Waals surface area (Å²) in [6.07, 6.45) is 2.98. The van der Waals surface area contributed by atoms with Gasteiger partial charge in [-0.2, -0.15) is 0 Å². The first-order valence-corrected chi connectivity index (χ1v) is 11.1. The Balaban J connectivity index is 1.54. The minimum absolute atomic E-state index is 0.00984. The quantitative estimate of drug-likeness (QED) is 0.690. The molecule has 32 heavy (non-hydrogen) atoms. The molecule has 0 aliphatic carbocycles. The molecule has 0 radical (unpaired) electrons. The molecule has 1 saturated heterocycles. The monoisotopic (exact) mass is 440 g/mol. The summed E-state index contributed by atoms with van der Waals surface area (Å²) in [5, 5.41) is 0. The zero-order valence-electron chi connectivity index (χ0n) is 18.6. The number of aryl methyl sites for hydroxylation is 1. The number of anilines is 1. The van der Waals surface area contributed by atoms with Crippen molar-refractivity contribution in [3.05, 3.63) is 52.7 Å². The second-order valence-electron chi connectivity index (χ2n) is 8.48. The van der Waals surface area contributed by atoms with Gasteiger partial charge < -0.3 is 9.64 Å². The van der Waals surface area contributed by atoms with Gasteiger partial charge in [-0.05, 0) is 43.9 Å². The van der Waals surface area contributed by atoms with Crippen molar-refractivity contribution < 1.29 is 18.7 Å². The molecule has 0 spiro atoms. The molecule has 0 unspecified atom stereocenters. The number of piperidine rings is 1. The third-order valence-electron chi connectivity index (χ3n) is 6.32. The minimum atomic E-state index is -0.321. The number of ether oxygens (including phenoxy) is 1. The van der Waals surface area contributed by atoms with Gasteiger partial charge in [-0.25, -0.2) is 14.4 Å². The van der Waals surface area contributed by atoms with E-state index in [2.05, 4.69) is 0 Å². The summed E-state index contributed by atoms with van der Waals surface area (Å²) in [4.78, 5) is 38.2. The standard InChI is InChI=1S/C24H29FN4O3/c1-16-20-6-7-22(31)29(15-17-4-3-5-19(25)14-17)24(20)27-23(26-16)18-8-11-28(12-9-18)21(30)10-13-32-2/h3-5,14,18H,6-13,15H2,1-2H3. The van der Waals surface area contributed by atoms with Crippen LogP contribution in [-0.2, 0) is 27.3 Å². The first kappa shape index (κ1) is 22.3. The molecule has 1 fully saturated rings. The number of benzene rings is 1. The molecule has 0 bridgehead atoms. The molecule has 0 saturated carbocycles. The zero-order chi connectivity index (χ0) is 22.7. The predicted molar refractivity (Wildman–Crippen MR) is 118 cm³/mol. The average Bonchev–Trinajstić information content (AvgIpc) is 2.79. The van der Waals surface area contributed by atoms with Crippen LogP contribution in [0.15, 0.2) is 24.3 Å². The van der Waals surface area contributed by atoms with Gasteiger partial charge >= 0.3 is 0 Å². The molecular weight excluding hydrogens is 411 g/mol. The topological polar surface area (TPSA) is 75.6 Å². The number of hydrogen-bond acceptors (Lipinski definition) is 5. The van der Waals surface area contributed by atoms with E-state index in [9.17, 15) is 14.0 Å². The van der Waals surface area contributed by atoms with E-state index in [-0.39, 0.29) is 30.1 Å². The molecule has 2 aliphatic heterocycles. The highest BCUT2D eigenvalue weighted by Gasteiger charge is 2.31. The van der Waals surface area contributed by atoms with E-state index in [4.69, 9.17) is 14.7 Å². The summed E-state index contributed by atoms with van der Waals surface area (Å²) in [5.74, 6) is 1.29. The third kappa shape index (κ3) is 4.80. The Morgan fingerprint density at radius 3 is 2.72 bits per heavy atom. The molecule has 1 aromatic carbocycles. The smallest absolute Gasteiger partial charge is 0.228 e. The van der Waals surface area contributed by atoms with Crippen molar-refractivity contribution in [2.45, 2.75) is 51.5 Å². The first-order valence-electron chi connectivity index (χ1n) is 11.1. The number of nitrogens with zero attached hydrogens (tertiary/aromatic N) is 4. The summed E-state index contributed by atoms with van der Waals surface area (Å²) in [5.41, 5.74) is 2.60. The minimum Gasteiger partial charge on any atom is -0.384 e. The van der Waals surface area contributed by atoms with Crippen molar-refractivity contribution >= 4 is 17.6 Å². The van der Waals surface area contributed by atoms with Crippen LogP contribution in [-0.4, -0.2) is 53.5 Å². The van der Waals surface area contributed by atoms with Gasteiger partial charge in [0.2, 0.25) is 11.8 Å². The fraction of sp³-hybridized carbons (Fsp3) is 0.500. The van der Waals surface area contributed by atoms with Crippen LogP contribution in [0.1, 0.15) is 54.2 Å². The third-order valence-corrected chi connectivity index (χ3v) is 6.32. The van der Waals surface area contributed by atoms with E-state index in [0.29, 0.717) is 44.8 Å². The number of amides is 2. The summed E-state index contributed by atoms with van der Waals surface area (Å²) >= 11 is 0. The van der Waals surface area contributed by atoms with Gasteiger partial charge in [0.15, 0.2) is 0 Å². The Hall–Kier alpha value is -2.87. The van der Waals surface area contributed by atoms with Crippen molar-refractivity contribution in [2.75, 3.05) is 31.7 Å². The largest absolute Gasteiger partial charge is 0.384 e. The molecule has 1 aromatic heterocycles. The maximum atomic E-state index is 13.7. The fourth-order valence-corrected chi connectivity index (χ4v) is 4.50. The van der Waals surface area contributed by atoms with Crippen LogP contribution in [0.4, 0.5) is 10.2 Å². The Morgan fingerprint density at radius 1 is 1.22 bits per heavy atom. The van der Waals surface area contributed by atoms with Crippen LogP contribution in [0.3, 0.4) is 0 Å². The fourth-order valence-electron chi connectivity index (χ4n) is 4.50. The van der Waals surface area contributed by atoms with Gasteiger partial charge in [0.05, 0.1) is 19.6 Å². The van der Waals surface area contributed by atoms with Gasteiger partial charge in [-0.3, -0.25) is 14.5 Å². The molecule has 3 heterocycles. The lowest BCUT2D eigenvalue weighted by atomic mass is 9.94.